The lowest BCUT2D eigenvalue weighted by molar-refractivity contribution is -0.121. The molecular formula is C18H25N3O5. The fourth-order valence-corrected chi connectivity index (χ4v) is 2.83. The number of likely N-dealkylation sites (tertiary alicyclic amines) is 1. The SMILES string of the molecule is O=C(CCCNC(=O)OCc1ccccc1)NCC1CCCN1C(=O)O. The van der Waals surface area contributed by atoms with E-state index in [0.717, 1.165) is 18.4 Å². The smallest absolute Gasteiger partial charge is 0.407 e. The molecule has 1 aliphatic rings. The number of carbonyl (C=O) groups is 3. The van der Waals surface area contributed by atoms with Crippen LogP contribution in [0.25, 0.3) is 0 Å². The molecule has 1 aliphatic heterocycles. The maximum Gasteiger partial charge on any atom is 0.407 e. The van der Waals surface area contributed by atoms with Gasteiger partial charge in [-0.05, 0) is 24.8 Å². The van der Waals surface area contributed by atoms with Crippen molar-refractivity contribution in [3.05, 3.63) is 35.9 Å². The number of nitrogens with one attached hydrogen (secondary N) is 2. The molecule has 1 saturated heterocycles. The number of alkyl carbamates (subject to hydrolysis) is 1. The van der Waals surface area contributed by atoms with E-state index in [9.17, 15) is 14.4 Å². The van der Waals surface area contributed by atoms with Gasteiger partial charge in [-0.1, -0.05) is 30.3 Å². The number of nitrogens with zero attached hydrogens (tertiary/aromatic N) is 1. The molecule has 0 spiro atoms. The molecule has 1 aromatic rings. The van der Waals surface area contributed by atoms with Crippen LogP contribution in [0.15, 0.2) is 30.3 Å². The van der Waals surface area contributed by atoms with Gasteiger partial charge < -0.3 is 25.4 Å². The average Bonchev–Trinajstić information content (AvgIpc) is 3.11. The van der Waals surface area contributed by atoms with Crippen LogP contribution in [-0.2, 0) is 16.1 Å². The third-order valence-electron chi connectivity index (χ3n) is 4.22. The van der Waals surface area contributed by atoms with Crippen LogP contribution in [0, 0.1) is 0 Å². The van der Waals surface area contributed by atoms with Gasteiger partial charge >= 0.3 is 12.2 Å². The lowest BCUT2D eigenvalue weighted by Crippen LogP contribution is -2.42. The Morgan fingerprint density at radius 2 is 1.96 bits per heavy atom. The van der Waals surface area contributed by atoms with Crippen molar-refractivity contribution >= 4 is 18.1 Å². The van der Waals surface area contributed by atoms with Gasteiger partial charge in [0.1, 0.15) is 6.61 Å². The van der Waals surface area contributed by atoms with Crippen molar-refractivity contribution in [3.8, 4) is 0 Å². The quantitative estimate of drug-likeness (QED) is 0.612. The molecule has 142 valence electrons. The van der Waals surface area contributed by atoms with Gasteiger partial charge in [0.05, 0.1) is 6.04 Å². The highest BCUT2D eigenvalue weighted by atomic mass is 16.5. The lowest BCUT2D eigenvalue weighted by atomic mass is 10.2. The Kier molecular flexibility index (Phi) is 7.73. The minimum atomic E-state index is -0.944. The molecule has 1 atom stereocenters. The maximum absolute atomic E-state index is 11.8. The van der Waals surface area contributed by atoms with Gasteiger partial charge in [-0.3, -0.25) is 4.79 Å². The highest BCUT2D eigenvalue weighted by molar-refractivity contribution is 5.76. The Labute approximate surface area is 152 Å². The molecule has 0 saturated carbocycles. The summed E-state index contributed by atoms with van der Waals surface area (Å²) in [5, 5.41) is 14.4. The fourth-order valence-electron chi connectivity index (χ4n) is 2.83. The molecule has 2 rings (SSSR count). The van der Waals surface area contributed by atoms with E-state index in [-0.39, 0.29) is 25.0 Å². The fraction of sp³-hybridized carbons (Fsp3) is 0.500. The number of hydrogen-bond acceptors (Lipinski definition) is 4. The summed E-state index contributed by atoms with van der Waals surface area (Å²) >= 11 is 0. The molecule has 0 bridgehead atoms. The first-order chi connectivity index (χ1) is 12.6. The van der Waals surface area contributed by atoms with E-state index in [2.05, 4.69) is 10.6 Å². The van der Waals surface area contributed by atoms with Crippen LogP contribution in [0.1, 0.15) is 31.2 Å². The third kappa shape index (κ3) is 6.62. The summed E-state index contributed by atoms with van der Waals surface area (Å²) in [6.07, 6.45) is 0.874. The van der Waals surface area contributed by atoms with Crippen molar-refractivity contribution in [1.29, 1.82) is 0 Å². The first-order valence-electron chi connectivity index (χ1n) is 8.77. The molecule has 1 aromatic carbocycles. The van der Waals surface area contributed by atoms with E-state index in [1.165, 1.54) is 4.90 Å². The minimum Gasteiger partial charge on any atom is -0.465 e. The van der Waals surface area contributed by atoms with Gasteiger partial charge in [0.2, 0.25) is 5.91 Å². The van der Waals surface area contributed by atoms with Crippen molar-refractivity contribution in [3.63, 3.8) is 0 Å². The molecule has 3 N–H and O–H groups in total. The standard InChI is InChI=1S/C18H25N3O5/c22-16(20-12-15-8-5-11-21(15)18(24)25)9-4-10-19-17(23)26-13-14-6-2-1-3-7-14/h1-3,6-7,15H,4-5,8-13H2,(H,19,23)(H,20,22)(H,24,25). The van der Waals surface area contributed by atoms with Crippen LogP contribution >= 0.6 is 0 Å². The predicted molar refractivity (Wildman–Crippen MR) is 94.6 cm³/mol. The van der Waals surface area contributed by atoms with Gasteiger partial charge in [-0.25, -0.2) is 9.59 Å². The second-order valence-corrected chi connectivity index (χ2v) is 6.17. The summed E-state index contributed by atoms with van der Waals surface area (Å²) in [5.41, 5.74) is 0.907. The van der Waals surface area contributed by atoms with Crippen molar-refractivity contribution in [2.24, 2.45) is 0 Å². The summed E-state index contributed by atoms with van der Waals surface area (Å²) in [7, 11) is 0. The molecular weight excluding hydrogens is 338 g/mol. The van der Waals surface area contributed by atoms with E-state index in [1.54, 1.807) is 0 Å². The zero-order chi connectivity index (χ0) is 18.8. The van der Waals surface area contributed by atoms with Crippen molar-refractivity contribution in [2.45, 2.75) is 38.3 Å². The van der Waals surface area contributed by atoms with E-state index in [4.69, 9.17) is 9.84 Å². The number of amides is 3. The number of benzene rings is 1. The molecule has 1 heterocycles. The zero-order valence-corrected chi connectivity index (χ0v) is 14.6. The van der Waals surface area contributed by atoms with Crippen molar-refractivity contribution in [1.82, 2.24) is 15.5 Å². The Morgan fingerprint density at radius 1 is 1.19 bits per heavy atom. The number of ether oxygens (including phenoxy) is 1. The Hall–Kier alpha value is -2.77. The van der Waals surface area contributed by atoms with Crippen LogP contribution in [-0.4, -0.2) is 53.8 Å². The first kappa shape index (κ1) is 19.6. The Morgan fingerprint density at radius 3 is 2.69 bits per heavy atom. The highest BCUT2D eigenvalue weighted by Crippen LogP contribution is 2.16. The molecule has 0 aromatic heterocycles. The van der Waals surface area contributed by atoms with E-state index >= 15 is 0 Å². The van der Waals surface area contributed by atoms with Crippen LogP contribution in [0.3, 0.4) is 0 Å². The summed E-state index contributed by atoms with van der Waals surface area (Å²) in [5.74, 6) is -0.151. The van der Waals surface area contributed by atoms with Crippen LogP contribution in [0.2, 0.25) is 0 Å². The molecule has 0 aliphatic carbocycles. The summed E-state index contributed by atoms with van der Waals surface area (Å²) < 4.78 is 5.07. The second-order valence-electron chi connectivity index (χ2n) is 6.17. The number of rotatable bonds is 8. The maximum atomic E-state index is 11.8. The van der Waals surface area contributed by atoms with Crippen LogP contribution in [0.4, 0.5) is 9.59 Å². The zero-order valence-electron chi connectivity index (χ0n) is 14.6. The lowest BCUT2D eigenvalue weighted by Gasteiger charge is -2.21. The number of hydrogen-bond donors (Lipinski definition) is 3. The summed E-state index contributed by atoms with van der Waals surface area (Å²) in [6.45, 7) is 1.39. The van der Waals surface area contributed by atoms with Gasteiger partial charge in [0.25, 0.3) is 0 Å². The van der Waals surface area contributed by atoms with Gasteiger partial charge in [-0.2, -0.15) is 0 Å². The number of carboxylic acid groups (broad SMARTS) is 1. The molecule has 8 heteroatoms. The normalized spacial score (nSPS) is 16.2. The van der Waals surface area contributed by atoms with Gasteiger partial charge in [0.15, 0.2) is 0 Å². The topological polar surface area (TPSA) is 108 Å². The number of carbonyl (C=O) groups excluding carboxylic acids is 2. The molecule has 8 nitrogen and oxygen atoms in total. The van der Waals surface area contributed by atoms with E-state index in [0.29, 0.717) is 26.1 Å². The first-order valence-corrected chi connectivity index (χ1v) is 8.77. The predicted octanol–water partition coefficient (Wildman–Crippen LogP) is 1.95. The second kappa shape index (κ2) is 10.3. The minimum absolute atomic E-state index is 0.150. The molecule has 3 amide bonds. The van der Waals surface area contributed by atoms with E-state index in [1.807, 2.05) is 30.3 Å². The van der Waals surface area contributed by atoms with Gasteiger partial charge in [0, 0.05) is 26.1 Å². The molecule has 1 fully saturated rings. The average molecular weight is 363 g/mol. The largest absolute Gasteiger partial charge is 0.465 e. The third-order valence-corrected chi connectivity index (χ3v) is 4.22. The van der Waals surface area contributed by atoms with Crippen LogP contribution in [0.5, 0.6) is 0 Å². The summed E-state index contributed by atoms with van der Waals surface area (Å²) in [6, 6.07) is 9.22. The van der Waals surface area contributed by atoms with Gasteiger partial charge in [-0.15, -0.1) is 0 Å². The molecule has 1 unspecified atom stereocenters. The van der Waals surface area contributed by atoms with Crippen LogP contribution < -0.4 is 10.6 Å². The van der Waals surface area contributed by atoms with E-state index < -0.39 is 12.2 Å². The van der Waals surface area contributed by atoms with Crippen molar-refractivity contribution < 1.29 is 24.2 Å². The highest BCUT2D eigenvalue weighted by Gasteiger charge is 2.28. The molecule has 26 heavy (non-hydrogen) atoms. The summed E-state index contributed by atoms with van der Waals surface area (Å²) in [4.78, 5) is 35.8. The monoisotopic (exact) mass is 363 g/mol. The Bertz CT molecular complexity index is 608. The van der Waals surface area contributed by atoms with Crippen molar-refractivity contribution in [2.75, 3.05) is 19.6 Å². The Balaban J connectivity index is 1.53. The molecule has 0 radical (unpaired) electrons.